The quantitative estimate of drug-likeness (QED) is 0.0125. The lowest BCUT2D eigenvalue weighted by atomic mass is 10.1. The van der Waals surface area contributed by atoms with Gasteiger partial charge < -0.3 is 48.5 Å². The summed E-state index contributed by atoms with van der Waals surface area (Å²) < 4.78 is 50.3. The molecule has 28 nitrogen and oxygen atoms in total. The molecule has 0 saturated carbocycles. The molecule has 0 saturated heterocycles. The minimum Gasteiger partial charge on any atom is -0.495 e. The van der Waals surface area contributed by atoms with Crippen molar-refractivity contribution in [2.24, 2.45) is 0 Å². The van der Waals surface area contributed by atoms with E-state index in [0.717, 1.165) is 240 Å². The second-order valence-corrected chi connectivity index (χ2v) is 38.8. The van der Waals surface area contributed by atoms with E-state index >= 15 is 9.59 Å². The third kappa shape index (κ3) is 40.8. The predicted octanol–water partition coefficient (Wildman–Crippen LogP) is 27.9. The van der Waals surface area contributed by atoms with E-state index in [1.807, 2.05) is 72.8 Å². The Morgan fingerprint density at radius 1 is 0.187 bits per heavy atom. The van der Waals surface area contributed by atoms with Crippen molar-refractivity contribution >= 4 is 92.0 Å². The first-order valence-corrected chi connectivity index (χ1v) is 56.1. The van der Waals surface area contributed by atoms with Gasteiger partial charge in [-0.1, -0.05) is 396 Å². The Balaban J connectivity index is 0.956. The van der Waals surface area contributed by atoms with Gasteiger partial charge in [-0.3, -0.25) is 91.4 Å². The monoisotopic (exact) mass is 2060 g/mol. The molecule has 0 radical (unpaired) electrons. The number of rotatable bonds is 74. The zero-order valence-corrected chi connectivity index (χ0v) is 90.5. The van der Waals surface area contributed by atoms with E-state index in [0.29, 0.717) is 50.3 Å². The summed E-state index contributed by atoms with van der Waals surface area (Å²) in [6, 6.07) is 43.4. The summed E-state index contributed by atoms with van der Waals surface area (Å²) in [5.41, 5.74) is 19.4. The number of hydrazine groups is 4. The number of unbranched alkanes of at least 4 members (excludes halogenated alkanes) is 42. The van der Waals surface area contributed by atoms with Crippen LogP contribution in [0.1, 0.15) is 453 Å². The summed E-state index contributed by atoms with van der Waals surface area (Å²) >= 11 is 0. The molecule has 0 atom stereocenters. The van der Waals surface area contributed by atoms with Crippen LogP contribution in [0.25, 0.3) is 21.5 Å². The van der Waals surface area contributed by atoms with E-state index in [1.54, 1.807) is 24.3 Å². The van der Waals surface area contributed by atoms with Crippen molar-refractivity contribution in [2.45, 2.75) is 350 Å². The maximum atomic E-state index is 15.0. The fourth-order valence-electron chi connectivity index (χ4n) is 18.2. The van der Waals surface area contributed by atoms with Gasteiger partial charge in [-0.2, -0.15) is 0 Å². The van der Waals surface area contributed by atoms with Crippen molar-refractivity contribution in [3.63, 3.8) is 0 Å². The number of carbonyl (C=O) groups is 10. The third-order valence-corrected chi connectivity index (χ3v) is 26.9. The molecule has 9 rings (SSSR count). The number of nitrogens with one attached hydrogen (secondary N) is 10. The maximum Gasteiger partial charge on any atom is 0.273 e. The zero-order valence-electron chi connectivity index (χ0n) is 90.5. The number of methoxy groups -OCH3 is 2. The van der Waals surface area contributed by atoms with Gasteiger partial charge in [-0.15, -0.1) is 0 Å². The Kier molecular flexibility index (Phi) is 56.5. The highest BCUT2D eigenvalue weighted by atomic mass is 16.5. The second kappa shape index (κ2) is 70.6. The Morgan fingerprint density at radius 3 is 0.567 bits per heavy atom. The first-order chi connectivity index (χ1) is 73.4. The van der Waals surface area contributed by atoms with Crippen molar-refractivity contribution in [2.75, 3.05) is 64.5 Å². The molecule has 0 aromatic heterocycles. The van der Waals surface area contributed by atoms with Crippen LogP contribution in [0.3, 0.4) is 0 Å². The minimum absolute atomic E-state index is 0.00803. The van der Waals surface area contributed by atoms with Crippen LogP contribution in [0.4, 0.5) is 11.4 Å². The largest absolute Gasteiger partial charge is 0.495 e. The number of fused-ring (bicyclic) bond motifs is 2. The van der Waals surface area contributed by atoms with Crippen LogP contribution in [-0.4, -0.2) is 113 Å². The predicted molar refractivity (Wildman–Crippen MR) is 597 cm³/mol. The number of hydrogen-bond donors (Lipinski definition) is 10. The van der Waals surface area contributed by atoms with Crippen molar-refractivity contribution < 1.29 is 85.8 Å². The topological polar surface area (TPSA) is 365 Å². The van der Waals surface area contributed by atoms with E-state index in [1.165, 1.54) is 139 Å². The second-order valence-electron chi connectivity index (χ2n) is 38.8. The molecule has 0 aliphatic carbocycles. The van der Waals surface area contributed by atoms with Crippen LogP contribution < -0.4 is 91.9 Å². The van der Waals surface area contributed by atoms with Crippen LogP contribution in [0.15, 0.2) is 158 Å². The molecule has 10 amide bonds. The molecule has 0 aliphatic heterocycles. The normalized spacial score (nSPS) is 11.0. The molecular weight excluding hydrogens is 1890 g/mol. The number of carbonyl (C=O) groups excluding carboxylic acids is 10. The first kappa shape index (κ1) is 120. The summed E-state index contributed by atoms with van der Waals surface area (Å²) in [5, 5.41) is 9.54. The number of para-hydroxylation sites is 2. The van der Waals surface area contributed by atoms with Crippen LogP contribution in [0.2, 0.25) is 0 Å². The van der Waals surface area contributed by atoms with Crippen molar-refractivity contribution in [3.05, 3.63) is 213 Å². The average molecular weight is 2060 g/mol. The molecular formula is C122H168N10O18. The average Bonchev–Trinajstić information content (AvgIpc) is 0.792. The molecule has 0 heterocycles. The molecule has 28 heteroatoms. The van der Waals surface area contributed by atoms with Crippen LogP contribution in [-0.2, 0) is 0 Å². The third-order valence-electron chi connectivity index (χ3n) is 26.9. The first-order valence-electron chi connectivity index (χ1n) is 56.1. The number of benzene rings is 9. The highest BCUT2D eigenvalue weighted by molar-refractivity contribution is 6.15. The Morgan fingerprint density at radius 2 is 0.360 bits per heavy atom. The van der Waals surface area contributed by atoms with Crippen molar-refractivity contribution in [3.8, 4) is 46.0 Å². The lowest BCUT2D eigenvalue weighted by Gasteiger charge is -2.19. The zero-order chi connectivity index (χ0) is 107. The van der Waals surface area contributed by atoms with Gasteiger partial charge in [0.05, 0.1) is 109 Å². The smallest absolute Gasteiger partial charge is 0.273 e. The summed E-state index contributed by atoms with van der Waals surface area (Å²) in [6.07, 6.45) is 49.5. The molecule has 0 bridgehead atoms. The van der Waals surface area contributed by atoms with Crippen LogP contribution >= 0.6 is 0 Å². The van der Waals surface area contributed by atoms with Gasteiger partial charge in [0.15, 0.2) is 0 Å². The minimum atomic E-state index is -0.966. The molecule has 0 aliphatic rings. The van der Waals surface area contributed by atoms with E-state index in [2.05, 4.69) is 95.6 Å². The molecule has 10 N–H and O–H groups in total. The van der Waals surface area contributed by atoms with Gasteiger partial charge in [0, 0.05) is 40.3 Å². The van der Waals surface area contributed by atoms with Gasteiger partial charge in [0.2, 0.25) is 0 Å². The van der Waals surface area contributed by atoms with E-state index < -0.39 is 59.1 Å². The summed E-state index contributed by atoms with van der Waals surface area (Å²) in [4.78, 5) is 148. The Bertz CT molecular complexity index is 5340. The maximum absolute atomic E-state index is 15.0. The van der Waals surface area contributed by atoms with Crippen molar-refractivity contribution in [1.82, 2.24) is 43.4 Å². The Hall–Kier alpha value is -13.4. The summed E-state index contributed by atoms with van der Waals surface area (Å²) in [5.74, 6) is -8.35. The lowest BCUT2D eigenvalue weighted by molar-refractivity contribution is 0.0833. The van der Waals surface area contributed by atoms with Gasteiger partial charge >= 0.3 is 0 Å². The molecule has 9 aromatic rings. The van der Waals surface area contributed by atoms with Gasteiger partial charge in [-0.25, -0.2) is 0 Å². The molecule has 0 spiro atoms. The fourth-order valence-corrected chi connectivity index (χ4v) is 18.2. The fraction of sp³-hybridized carbons (Fsp3) is 0.508. The van der Waals surface area contributed by atoms with E-state index in [4.69, 9.17) is 37.9 Å². The van der Waals surface area contributed by atoms with Crippen molar-refractivity contribution in [1.29, 1.82) is 0 Å². The SMILES string of the molecule is CCCCCCCCCCOc1cc(OCCCCCCCCCC)c(C(=O)NNC(=O)c2cccc(C(=O)NNC(=O)c3cc(C(=O)Nc4cccc5ccccc45)c(OCCCCCCCCCC)cc3OCCCCCCCCCC)c2OC)cc1C(=O)NNC(=O)c1cccc(C(=O)NNC(=O)c2cc(C(=O)Nc3cccc4ccccc34)c(OCCCCCCCCCC)cc2OCCCCCCCCCC)c1OC. The van der Waals surface area contributed by atoms with E-state index in [9.17, 15) is 38.4 Å². The highest BCUT2D eigenvalue weighted by Gasteiger charge is 2.31. The number of anilines is 2. The summed E-state index contributed by atoms with van der Waals surface area (Å²) in [7, 11) is 2.49. The standard InChI is InChI=1S/C122H168N10O18/c1-9-15-21-27-33-39-45-55-77-145-105-86-107(147-79-57-47-41-35-29-23-17-11-3)99(83-97(105)113(133)123-103-75-61-67-89-65-51-53-69-91(89)103)119(139)129-125-115(135)93-71-63-73-95(111(93)143-7)117(137)127-131-121(141)101-85-102(110(150-82-60-50-44-38-32-26-20-14-6)88-109(101)149-81-59-49-43-37-31-25-19-13-5)122(142)132-128-118(138)96-74-64-72-94(112(96)144-8)116(136)126-130-120(140)100-84-98(114(134)124-104-76-62-68-90-66-52-54-70-92(90)104)106(146-78-56-46-40-34-28-22-16-10-2)87-108(100)148-80-58-48-42-36-30-24-18-12-4/h51-54,61-76,83-88H,9-50,55-60,77-82H2,1-8H3,(H,123,133)(H,124,134)(H,125,135)(H,126,136)(H,127,137)(H,128,138)(H,129,139)(H,130,140)(H,131,141)(H,132,142). The van der Waals surface area contributed by atoms with Crippen LogP contribution in [0, 0.1) is 0 Å². The Labute approximate surface area is 889 Å². The molecule has 814 valence electrons. The molecule has 0 unspecified atom stereocenters. The molecule has 150 heavy (non-hydrogen) atoms. The number of hydrogen-bond acceptors (Lipinski definition) is 18. The number of ether oxygens (including phenoxy) is 8. The molecule has 9 aromatic carbocycles. The van der Waals surface area contributed by atoms with Gasteiger partial charge in [0.1, 0.15) is 46.0 Å². The number of amides is 10. The van der Waals surface area contributed by atoms with Gasteiger partial charge in [0.25, 0.3) is 59.1 Å². The highest BCUT2D eigenvalue weighted by Crippen LogP contribution is 2.38. The van der Waals surface area contributed by atoms with Gasteiger partial charge in [-0.05, 0) is 104 Å². The van der Waals surface area contributed by atoms with E-state index in [-0.39, 0.29) is 128 Å². The summed E-state index contributed by atoms with van der Waals surface area (Å²) in [6.45, 7) is 14.5. The molecule has 0 fully saturated rings. The lowest BCUT2D eigenvalue weighted by Crippen LogP contribution is -2.43. The van der Waals surface area contributed by atoms with Crippen LogP contribution in [0.5, 0.6) is 46.0 Å².